The second-order valence-corrected chi connectivity index (χ2v) is 5.24. The maximum atomic E-state index is 12.3. The third-order valence-corrected chi connectivity index (χ3v) is 3.79. The third kappa shape index (κ3) is 3.30. The van der Waals surface area contributed by atoms with Crippen LogP contribution >= 0.6 is 0 Å². The van der Waals surface area contributed by atoms with Gasteiger partial charge in [0.25, 0.3) is 5.91 Å². The molecule has 0 aromatic carbocycles. The molecule has 1 unspecified atom stereocenters. The van der Waals surface area contributed by atoms with Crippen LogP contribution in [0.5, 0.6) is 0 Å². The van der Waals surface area contributed by atoms with Gasteiger partial charge in [-0.1, -0.05) is 0 Å². The molecule has 2 rings (SSSR count). The Morgan fingerprint density at radius 2 is 1.90 bits per heavy atom. The molecule has 7 nitrogen and oxygen atoms in total. The lowest BCUT2D eigenvalue weighted by Crippen LogP contribution is -2.53. The molecule has 0 spiro atoms. The summed E-state index contributed by atoms with van der Waals surface area (Å²) in [6.07, 6.45) is 1.44. The molecule has 1 atom stereocenters. The lowest BCUT2D eigenvalue weighted by atomic mass is 10.2. The molecule has 2 N–H and O–H groups in total. The number of nitrogens with zero attached hydrogens (tertiary/aromatic N) is 2. The Hall–Kier alpha value is -2.15. The van der Waals surface area contributed by atoms with Gasteiger partial charge < -0.3 is 15.0 Å². The van der Waals surface area contributed by atoms with Gasteiger partial charge in [-0.05, 0) is 13.8 Å². The standard InChI is InChI=1S/C14H19N3O4/c1-9-7-12(18)11(8-15-9)13(19)17-5-3-16(4-6-17)10(2)14(20)21/h7-8,10H,3-6H2,1-2H3,(H,15,18)(H,20,21). The number of aromatic amines is 1. The van der Waals surface area contributed by atoms with Crippen LogP contribution in [-0.2, 0) is 4.79 Å². The first kappa shape index (κ1) is 15.2. The number of pyridine rings is 1. The van der Waals surface area contributed by atoms with Crippen LogP contribution < -0.4 is 5.43 Å². The zero-order chi connectivity index (χ0) is 15.6. The first-order chi connectivity index (χ1) is 9.90. The molecule has 1 fully saturated rings. The molecular formula is C14H19N3O4. The fraction of sp³-hybridized carbons (Fsp3) is 0.500. The number of aliphatic carboxylic acids is 1. The predicted molar refractivity (Wildman–Crippen MR) is 76.4 cm³/mol. The average Bonchev–Trinajstić information content (AvgIpc) is 2.46. The molecule has 7 heteroatoms. The molecule has 0 bridgehead atoms. The Bertz CT molecular complexity index is 602. The number of nitrogens with one attached hydrogen (secondary N) is 1. The lowest BCUT2D eigenvalue weighted by Gasteiger charge is -2.36. The van der Waals surface area contributed by atoms with Crippen molar-refractivity contribution in [1.29, 1.82) is 0 Å². The molecule has 0 aliphatic carbocycles. The van der Waals surface area contributed by atoms with Crippen molar-refractivity contribution in [2.24, 2.45) is 0 Å². The van der Waals surface area contributed by atoms with Crippen LogP contribution in [0, 0.1) is 6.92 Å². The Kier molecular flexibility index (Phi) is 4.42. The molecule has 1 aliphatic heterocycles. The van der Waals surface area contributed by atoms with E-state index in [1.165, 1.54) is 12.3 Å². The number of carbonyl (C=O) groups is 2. The van der Waals surface area contributed by atoms with Gasteiger partial charge in [-0.2, -0.15) is 0 Å². The number of aryl methyl sites for hydroxylation is 1. The molecule has 1 aromatic heterocycles. The first-order valence-electron chi connectivity index (χ1n) is 6.85. The van der Waals surface area contributed by atoms with E-state index >= 15 is 0 Å². The van der Waals surface area contributed by atoms with Gasteiger partial charge in [-0.15, -0.1) is 0 Å². The second-order valence-electron chi connectivity index (χ2n) is 5.24. The van der Waals surface area contributed by atoms with Crippen molar-refractivity contribution in [2.45, 2.75) is 19.9 Å². The van der Waals surface area contributed by atoms with Gasteiger partial charge in [0.1, 0.15) is 11.6 Å². The molecule has 1 aliphatic rings. The van der Waals surface area contributed by atoms with E-state index in [0.29, 0.717) is 31.9 Å². The Morgan fingerprint density at radius 1 is 1.29 bits per heavy atom. The minimum Gasteiger partial charge on any atom is -0.480 e. The van der Waals surface area contributed by atoms with Gasteiger partial charge in [0.2, 0.25) is 0 Å². The highest BCUT2D eigenvalue weighted by atomic mass is 16.4. The van der Waals surface area contributed by atoms with Crippen molar-refractivity contribution in [1.82, 2.24) is 14.8 Å². The SMILES string of the molecule is Cc1cc(=O)c(C(=O)N2CCN(C(C)C(=O)O)CC2)c[nH]1. The van der Waals surface area contributed by atoms with Crippen molar-refractivity contribution in [2.75, 3.05) is 26.2 Å². The quantitative estimate of drug-likeness (QED) is 0.812. The van der Waals surface area contributed by atoms with Crippen LogP contribution in [-0.4, -0.2) is 64.0 Å². The van der Waals surface area contributed by atoms with Crippen LogP contribution in [0.1, 0.15) is 23.0 Å². The minimum absolute atomic E-state index is 0.125. The smallest absolute Gasteiger partial charge is 0.320 e. The molecule has 2 heterocycles. The normalized spacial score (nSPS) is 17.5. The number of amides is 1. The van der Waals surface area contributed by atoms with E-state index in [9.17, 15) is 14.4 Å². The fourth-order valence-corrected chi connectivity index (χ4v) is 2.38. The Balaban J connectivity index is 2.03. The number of piperazine rings is 1. The third-order valence-electron chi connectivity index (χ3n) is 3.79. The van der Waals surface area contributed by atoms with Gasteiger partial charge in [-0.3, -0.25) is 19.3 Å². The number of hydrogen-bond acceptors (Lipinski definition) is 4. The summed E-state index contributed by atoms with van der Waals surface area (Å²) in [4.78, 5) is 41.4. The zero-order valence-electron chi connectivity index (χ0n) is 12.1. The molecule has 1 amide bonds. The highest BCUT2D eigenvalue weighted by molar-refractivity contribution is 5.93. The summed E-state index contributed by atoms with van der Waals surface area (Å²) in [5, 5.41) is 8.98. The second kappa shape index (κ2) is 6.09. The van der Waals surface area contributed by atoms with E-state index in [0.717, 1.165) is 0 Å². The lowest BCUT2D eigenvalue weighted by molar-refractivity contribution is -0.143. The Morgan fingerprint density at radius 3 is 2.43 bits per heavy atom. The predicted octanol–water partition coefficient (Wildman–Crippen LogP) is -0.0858. The molecule has 114 valence electrons. The monoisotopic (exact) mass is 293 g/mol. The molecule has 0 saturated carbocycles. The summed E-state index contributed by atoms with van der Waals surface area (Å²) >= 11 is 0. The minimum atomic E-state index is -0.871. The van der Waals surface area contributed by atoms with Crippen molar-refractivity contribution < 1.29 is 14.7 Å². The summed E-state index contributed by atoms with van der Waals surface area (Å²) in [7, 11) is 0. The highest BCUT2D eigenvalue weighted by Crippen LogP contribution is 2.09. The van der Waals surface area contributed by atoms with Gasteiger partial charge in [-0.25, -0.2) is 0 Å². The number of aromatic nitrogens is 1. The number of H-pyrrole nitrogens is 1. The number of carbonyl (C=O) groups excluding carboxylic acids is 1. The van der Waals surface area contributed by atoms with E-state index in [-0.39, 0.29) is 16.9 Å². The summed E-state index contributed by atoms with van der Waals surface area (Å²) < 4.78 is 0. The summed E-state index contributed by atoms with van der Waals surface area (Å²) in [5.41, 5.74) is 0.537. The first-order valence-corrected chi connectivity index (χ1v) is 6.85. The van der Waals surface area contributed by atoms with E-state index in [4.69, 9.17) is 5.11 Å². The van der Waals surface area contributed by atoms with Gasteiger partial charge in [0.15, 0.2) is 5.43 Å². The van der Waals surface area contributed by atoms with Crippen molar-refractivity contribution in [3.8, 4) is 0 Å². The molecule has 1 aromatic rings. The van der Waals surface area contributed by atoms with Crippen molar-refractivity contribution in [3.63, 3.8) is 0 Å². The van der Waals surface area contributed by atoms with Crippen LogP contribution in [0.4, 0.5) is 0 Å². The summed E-state index contributed by atoms with van der Waals surface area (Å²) in [6.45, 7) is 5.20. The average molecular weight is 293 g/mol. The molecule has 0 radical (unpaired) electrons. The van der Waals surface area contributed by atoms with Crippen LogP contribution in [0.25, 0.3) is 0 Å². The zero-order valence-corrected chi connectivity index (χ0v) is 12.1. The number of rotatable bonds is 3. The van der Waals surface area contributed by atoms with E-state index < -0.39 is 12.0 Å². The molecular weight excluding hydrogens is 274 g/mol. The van der Waals surface area contributed by atoms with Crippen molar-refractivity contribution in [3.05, 3.63) is 33.7 Å². The molecule has 1 saturated heterocycles. The van der Waals surface area contributed by atoms with Gasteiger partial charge in [0, 0.05) is 44.1 Å². The highest BCUT2D eigenvalue weighted by Gasteiger charge is 2.28. The van der Waals surface area contributed by atoms with E-state index in [2.05, 4.69) is 4.98 Å². The van der Waals surface area contributed by atoms with Crippen molar-refractivity contribution >= 4 is 11.9 Å². The maximum absolute atomic E-state index is 12.3. The largest absolute Gasteiger partial charge is 0.480 e. The number of carboxylic acid groups (broad SMARTS) is 1. The van der Waals surface area contributed by atoms with E-state index in [1.807, 2.05) is 4.90 Å². The fourth-order valence-electron chi connectivity index (χ4n) is 2.38. The summed E-state index contributed by atoms with van der Waals surface area (Å²) in [6, 6.07) is 0.834. The van der Waals surface area contributed by atoms with Gasteiger partial charge in [0.05, 0.1) is 0 Å². The summed E-state index contributed by atoms with van der Waals surface area (Å²) in [5.74, 6) is -1.18. The topological polar surface area (TPSA) is 93.7 Å². The maximum Gasteiger partial charge on any atom is 0.320 e. The van der Waals surface area contributed by atoms with E-state index in [1.54, 1.807) is 18.7 Å². The number of carboxylic acids is 1. The van der Waals surface area contributed by atoms with Crippen LogP contribution in [0.15, 0.2) is 17.1 Å². The Labute approximate surface area is 122 Å². The number of hydrogen-bond donors (Lipinski definition) is 2. The molecule has 21 heavy (non-hydrogen) atoms. The van der Waals surface area contributed by atoms with Crippen LogP contribution in [0.2, 0.25) is 0 Å². The van der Waals surface area contributed by atoms with Crippen LogP contribution in [0.3, 0.4) is 0 Å². The van der Waals surface area contributed by atoms with Gasteiger partial charge >= 0.3 is 5.97 Å².